The topological polar surface area (TPSA) is 131 Å². The Morgan fingerprint density at radius 3 is 2.03 bits per heavy atom. The molecule has 0 fully saturated rings. The maximum absolute atomic E-state index is 12.5. The zero-order valence-electron chi connectivity index (χ0n) is 19.6. The van der Waals surface area contributed by atoms with Crippen molar-refractivity contribution in [2.45, 2.75) is 71.9 Å². The molecule has 0 bridgehead atoms. The third-order valence-electron chi connectivity index (χ3n) is 4.59. The Bertz CT molecular complexity index is 835. The van der Waals surface area contributed by atoms with Crippen molar-refractivity contribution in [3.8, 4) is 11.5 Å². The van der Waals surface area contributed by atoms with E-state index in [4.69, 9.17) is 24.7 Å². The molecule has 0 radical (unpaired) electrons. The van der Waals surface area contributed by atoms with Crippen LogP contribution in [-0.4, -0.2) is 42.6 Å². The Morgan fingerprint density at radius 2 is 1.53 bits per heavy atom. The molecule has 0 amide bonds. The number of carbonyl (C=O) groups is 4. The van der Waals surface area contributed by atoms with E-state index in [-0.39, 0.29) is 43.1 Å². The van der Waals surface area contributed by atoms with E-state index in [0.717, 1.165) is 0 Å². The van der Waals surface area contributed by atoms with Crippen molar-refractivity contribution in [3.63, 3.8) is 0 Å². The molecule has 0 aliphatic carbocycles. The molecule has 2 atom stereocenters. The lowest BCUT2D eigenvalue weighted by atomic mass is 9.86. The molecule has 9 nitrogen and oxygen atoms in total. The fraction of sp³-hybridized carbons (Fsp3) is 0.565. The molecule has 1 aromatic rings. The van der Waals surface area contributed by atoms with E-state index < -0.39 is 35.5 Å². The predicted octanol–water partition coefficient (Wildman–Crippen LogP) is 2.71. The average Bonchev–Trinajstić information content (AvgIpc) is 2.74. The number of nitrogens with two attached hydrogens (primary N) is 1. The molecule has 9 heteroatoms. The number of esters is 4. The van der Waals surface area contributed by atoms with Crippen LogP contribution in [0.5, 0.6) is 11.5 Å². The van der Waals surface area contributed by atoms with Crippen LogP contribution >= 0.6 is 0 Å². The highest BCUT2D eigenvalue weighted by Crippen LogP contribution is 2.31. The van der Waals surface area contributed by atoms with Crippen LogP contribution in [0, 0.1) is 5.92 Å². The summed E-state index contributed by atoms with van der Waals surface area (Å²) in [4.78, 5) is 47.9. The maximum Gasteiger partial charge on any atom is 0.326 e. The Morgan fingerprint density at radius 1 is 0.969 bits per heavy atom. The summed E-state index contributed by atoms with van der Waals surface area (Å²) in [5, 5.41) is 0. The van der Waals surface area contributed by atoms with Gasteiger partial charge in [0.25, 0.3) is 0 Å². The second-order valence-corrected chi connectivity index (χ2v) is 7.87. The molecule has 32 heavy (non-hydrogen) atoms. The number of carbonyl (C=O) groups excluding carboxylic acids is 4. The highest BCUT2D eigenvalue weighted by Gasteiger charge is 2.38. The molecule has 0 saturated carbocycles. The monoisotopic (exact) mass is 451 g/mol. The Hall–Kier alpha value is -2.94. The van der Waals surface area contributed by atoms with Crippen LogP contribution in [0.2, 0.25) is 0 Å². The summed E-state index contributed by atoms with van der Waals surface area (Å²) >= 11 is 0. The molecule has 1 unspecified atom stereocenters. The van der Waals surface area contributed by atoms with E-state index in [2.05, 4.69) is 0 Å². The predicted molar refractivity (Wildman–Crippen MR) is 116 cm³/mol. The van der Waals surface area contributed by atoms with E-state index in [1.165, 1.54) is 19.2 Å². The molecule has 0 spiro atoms. The minimum atomic E-state index is -1.51. The zero-order valence-corrected chi connectivity index (χ0v) is 19.6. The van der Waals surface area contributed by atoms with Gasteiger partial charge in [-0.3, -0.25) is 19.2 Å². The molecule has 0 aliphatic rings. The van der Waals surface area contributed by atoms with E-state index in [1.54, 1.807) is 40.7 Å². The van der Waals surface area contributed by atoms with Crippen LogP contribution < -0.4 is 15.2 Å². The number of hydrogen-bond donors (Lipinski definition) is 1. The Labute approximate surface area is 188 Å². The fourth-order valence-corrected chi connectivity index (χ4v) is 2.90. The Kier molecular flexibility index (Phi) is 10.3. The van der Waals surface area contributed by atoms with Gasteiger partial charge in [-0.1, -0.05) is 33.8 Å². The van der Waals surface area contributed by atoms with Gasteiger partial charge in [0.2, 0.25) is 0 Å². The standard InChI is InChI=1S/C23H33NO8/c1-7-19(25)31-17-10-9-16(11-18(17)32-20(26)8-2)13-23(24,22(28)29-6)12-15(5)30-21(27)14(3)4/h9-11,14-15H,7-8,12-13,24H2,1-6H3/t15-,23?/m0/s1. The number of rotatable bonds is 11. The van der Waals surface area contributed by atoms with Crippen molar-refractivity contribution in [1.29, 1.82) is 0 Å². The molecular formula is C23H33NO8. The molecule has 0 heterocycles. The van der Waals surface area contributed by atoms with Gasteiger partial charge in [-0.05, 0) is 24.6 Å². The third kappa shape index (κ3) is 7.96. The highest BCUT2D eigenvalue weighted by molar-refractivity contribution is 5.81. The Balaban J connectivity index is 3.21. The van der Waals surface area contributed by atoms with Gasteiger partial charge in [0.15, 0.2) is 11.5 Å². The first kappa shape index (κ1) is 27.1. The number of benzene rings is 1. The van der Waals surface area contributed by atoms with Crippen molar-refractivity contribution in [2.24, 2.45) is 11.7 Å². The van der Waals surface area contributed by atoms with Crippen molar-refractivity contribution < 1.29 is 38.1 Å². The van der Waals surface area contributed by atoms with Crippen molar-refractivity contribution >= 4 is 23.9 Å². The quantitative estimate of drug-likeness (QED) is 0.398. The van der Waals surface area contributed by atoms with E-state index in [0.29, 0.717) is 5.56 Å². The summed E-state index contributed by atoms with van der Waals surface area (Å²) in [7, 11) is 1.22. The smallest absolute Gasteiger partial charge is 0.326 e. The molecule has 0 saturated heterocycles. The molecule has 1 aromatic carbocycles. The lowest BCUT2D eigenvalue weighted by Crippen LogP contribution is -2.53. The summed E-state index contributed by atoms with van der Waals surface area (Å²) in [5.74, 6) is -2.28. The third-order valence-corrected chi connectivity index (χ3v) is 4.59. The van der Waals surface area contributed by atoms with Crippen LogP contribution in [0.15, 0.2) is 18.2 Å². The normalized spacial score (nSPS) is 13.6. The SMILES string of the molecule is CCC(=O)Oc1ccc(CC(N)(C[C@H](C)OC(=O)C(C)C)C(=O)OC)cc1OC(=O)CC. The van der Waals surface area contributed by atoms with E-state index in [1.807, 2.05) is 0 Å². The second kappa shape index (κ2) is 12.2. The molecule has 0 aliphatic heterocycles. The average molecular weight is 452 g/mol. The largest absolute Gasteiger partial charge is 0.468 e. The first-order valence-corrected chi connectivity index (χ1v) is 10.6. The molecule has 0 aromatic heterocycles. The van der Waals surface area contributed by atoms with Crippen molar-refractivity contribution in [3.05, 3.63) is 23.8 Å². The zero-order chi connectivity index (χ0) is 24.5. The molecule has 2 N–H and O–H groups in total. The van der Waals surface area contributed by atoms with Gasteiger partial charge in [0.05, 0.1) is 13.0 Å². The first-order valence-electron chi connectivity index (χ1n) is 10.6. The molecule has 178 valence electrons. The van der Waals surface area contributed by atoms with Crippen LogP contribution in [0.1, 0.15) is 59.4 Å². The molecule has 1 rings (SSSR count). The summed E-state index contributed by atoms with van der Waals surface area (Å²) < 4.78 is 20.8. The van der Waals surface area contributed by atoms with E-state index >= 15 is 0 Å². The van der Waals surface area contributed by atoms with E-state index in [9.17, 15) is 19.2 Å². The number of methoxy groups -OCH3 is 1. The van der Waals surface area contributed by atoms with Gasteiger partial charge >= 0.3 is 23.9 Å². The van der Waals surface area contributed by atoms with Gasteiger partial charge in [-0.25, -0.2) is 0 Å². The highest BCUT2D eigenvalue weighted by atomic mass is 16.6. The minimum absolute atomic E-state index is 0.00191. The summed E-state index contributed by atoms with van der Waals surface area (Å²) in [5.41, 5.74) is 5.42. The van der Waals surface area contributed by atoms with Crippen molar-refractivity contribution in [1.82, 2.24) is 0 Å². The van der Waals surface area contributed by atoms with Crippen molar-refractivity contribution in [2.75, 3.05) is 7.11 Å². The number of hydrogen-bond acceptors (Lipinski definition) is 9. The van der Waals surface area contributed by atoms with Crippen LogP contribution in [0.4, 0.5) is 0 Å². The van der Waals surface area contributed by atoms with Gasteiger partial charge in [-0.2, -0.15) is 0 Å². The summed E-state index contributed by atoms with van der Waals surface area (Å²) in [6.45, 7) is 8.33. The second-order valence-electron chi connectivity index (χ2n) is 7.87. The van der Waals surface area contributed by atoms with Crippen LogP contribution in [-0.2, 0) is 35.1 Å². The fourth-order valence-electron chi connectivity index (χ4n) is 2.90. The number of ether oxygens (including phenoxy) is 4. The lowest BCUT2D eigenvalue weighted by Gasteiger charge is -2.29. The van der Waals surface area contributed by atoms with Gasteiger partial charge in [-0.15, -0.1) is 0 Å². The molecular weight excluding hydrogens is 418 g/mol. The summed E-state index contributed by atoms with van der Waals surface area (Å²) in [6, 6.07) is 4.57. The van der Waals surface area contributed by atoms with Gasteiger partial charge in [0.1, 0.15) is 11.6 Å². The first-order chi connectivity index (χ1) is 14.9. The minimum Gasteiger partial charge on any atom is -0.468 e. The van der Waals surface area contributed by atoms with Crippen LogP contribution in [0.25, 0.3) is 0 Å². The van der Waals surface area contributed by atoms with Crippen LogP contribution in [0.3, 0.4) is 0 Å². The maximum atomic E-state index is 12.5. The van der Waals surface area contributed by atoms with Gasteiger partial charge in [0, 0.05) is 25.7 Å². The lowest BCUT2D eigenvalue weighted by molar-refractivity contribution is -0.157. The van der Waals surface area contributed by atoms with Gasteiger partial charge < -0.3 is 24.7 Å². The summed E-state index contributed by atoms with van der Waals surface area (Å²) in [6.07, 6.45) is -0.371.